The molecule has 2 aromatic heterocycles. The van der Waals surface area contributed by atoms with E-state index in [-0.39, 0.29) is 22.5 Å². The second-order valence-corrected chi connectivity index (χ2v) is 6.08. The van der Waals surface area contributed by atoms with E-state index in [9.17, 15) is 22.4 Å². The maximum absolute atomic E-state index is 13.7. The van der Waals surface area contributed by atoms with E-state index >= 15 is 0 Å². The molecule has 0 saturated heterocycles. The molecule has 3 aromatic rings. The molecular formula is C16H12ClF4N5O. The predicted octanol–water partition coefficient (Wildman–Crippen LogP) is 3.44. The lowest BCUT2D eigenvalue weighted by atomic mass is 10.2. The molecule has 0 fully saturated rings. The lowest BCUT2D eigenvalue weighted by Crippen LogP contribution is -2.13. The quantitative estimate of drug-likeness (QED) is 0.414. The van der Waals surface area contributed by atoms with Gasteiger partial charge in [-0.2, -0.15) is 10.2 Å². The van der Waals surface area contributed by atoms with Crippen molar-refractivity contribution in [1.82, 2.24) is 19.6 Å². The summed E-state index contributed by atoms with van der Waals surface area (Å²) in [6, 6.07) is 0.255. The van der Waals surface area contributed by atoms with Gasteiger partial charge in [-0.05, 0) is 6.92 Å². The van der Waals surface area contributed by atoms with Crippen molar-refractivity contribution in [3.05, 3.63) is 63.7 Å². The Hall–Kier alpha value is -2.88. The minimum atomic E-state index is -1.77. The van der Waals surface area contributed by atoms with Gasteiger partial charge in [-0.3, -0.25) is 14.2 Å². The Labute approximate surface area is 155 Å². The lowest BCUT2D eigenvalue weighted by molar-refractivity contribution is 0.102. The molecule has 1 aromatic carbocycles. The number of carbonyl (C=O) groups excluding carboxylic acids is 1. The van der Waals surface area contributed by atoms with Crippen molar-refractivity contribution in [2.45, 2.75) is 13.5 Å². The molecule has 0 radical (unpaired) electrons. The molecule has 6 nitrogen and oxygen atoms in total. The third-order valence-corrected chi connectivity index (χ3v) is 4.35. The highest BCUT2D eigenvalue weighted by Gasteiger charge is 2.21. The van der Waals surface area contributed by atoms with Crippen LogP contribution >= 0.6 is 11.6 Å². The largest absolute Gasteiger partial charge is 0.318 e. The summed E-state index contributed by atoms with van der Waals surface area (Å²) in [5, 5.41) is 10.5. The highest BCUT2D eigenvalue weighted by atomic mass is 35.5. The van der Waals surface area contributed by atoms with E-state index < -0.39 is 41.3 Å². The number of aryl methyl sites for hydroxylation is 1. The van der Waals surface area contributed by atoms with E-state index in [0.29, 0.717) is 5.69 Å². The fraction of sp³-hybridized carbons (Fsp3) is 0.188. The van der Waals surface area contributed by atoms with Gasteiger partial charge in [0.15, 0.2) is 23.1 Å². The standard InChI is InChI=1S/C16H12ClF4N5O/c1-7-12(17)15(24-25(7)2)16(27)23-8-4-22-26(5-8)6-9-10(18)3-11(19)14(21)13(9)20/h3-5H,6H2,1-2H3,(H,23,27). The van der Waals surface area contributed by atoms with Gasteiger partial charge in [-0.15, -0.1) is 0 Å². The summed E-state index contributed by atoms with van der Waals surface area (Å²) in [4.78, 5) is 12.2. The number of halogens is 5. The first kappa shape index (κ1) is 18.9. The molecule has 0 spiro atoms. The topological polar surface area (TPSA) is 64.7 Å². The molecule has 0 aliphatic rings. The molecule has 142 valence electrons. The number of aromatic nitrogens is 4. The minimum Gasteiger partial charge on any atom is -0.318 e. The fourth-order valence-corrected chi connectivity index (χ4v) is 2.59. The normalized spacial score (nSPS) is 11.1. The van der Waals surface area contributed by atoms with Gasteiger partial charge in [0.2, 0.25) is 0 Å². The van der Waals surface area contributed by atoms with Gasteiger partial charge >= 0.3 is 0 Å². The summed E-state index contributed by atoms with van der Waals surface area (Å²) in [7, 11) is 1.63. The van der Waals surface area contributed by atoms with Crippen molar-refractivity contribution in [2.75, 3.05) is 5.32 Å². The SMILES string of the molecule is Cc1c(Cl)c(C(=O)Nc2cnn(Cc3c(F)cc(F)c(F)c3F)c2)nn1C. The zero-order valence-electron chi connectivity index (χ0n) is 14.0. The predicted molar refractivity (Wildman–Crippen MR) is 88.5 cm³/mol. The van der Waals surface area contributed by atoms with Crippen LogP contribution in [0.15, 0.2) is 18.5 Å². The Morgan fingerprint density at radius 2 is 1.93 bits per heavy atom. The van der Waals surface area contributed by atoms with Crippen LogP contribution in [0.25, 0.3) is 0 Å². The van der Waals surface area contributed by atoms with Crippen LogP contribution in [-0.2, 0) is 13.6 Å². The number of hydrogen-bond acceptors (Lipinski definition) is 3. The van der Waals surface area contributed by atoms with Crippen LogP contribution in [0, 0.1) is 30.2 Å². The smallest absolute Gasteiger partial charge is 0.277 e. The zero-order valence-corrected chi connectivity index (χ0v) is 14.8. The van der Waals surface area contributed by atoms with E-state index in [1.165, 1.54) is 17.1 Å². The number of rotatable bonds is 4. The highest BCUT2D eigenvalue weighted by Crippen LogP contribution is 2.22. The Bertz CT molecular complexity index is 1050. The maximum Gasteiger partial charge on any atom is 0.277 e. The van der Waals surface area contributed by atoms with Gasteiger partial charge in [0.1, 0.15) is 5.82 Å². The summed E-state index contributed by atoms with van der Waals surface area (Å²) in [6.07, 6.45) is 2.49. The molecule has 2 heterocycles. The Morgan fingerprint density at radius 1 is 1.22 bits per heavy atom. The third kappa shape index (κ3) is 3.52. The van der Waals surface area contributed by atoms with Crippen LogP contribution in [0.1, 0.15) is 21.7 Å². The molecule has 11 heteroatoms. The van der Waals surface area contributed by atoms with Crippen molar-refractivity contribution < 1.29 is 22.4 Å². The van der Waals surface area contributed by atoms with Crippen molar-refractivity contribution in [3.63, 3.8) is 0 Å². The molecule has 0 aliphatic carbocycles. The molecule has 0 unspecified atom stereocenters. The van der Waals surface area contributed by atoms with Crippen molar-refractivity contribution >= 4 is 23.2 Å². The average Bonchev–Trinajstić information content (AvgIpc) is 3.16. The molecular weight excluding hydrogens is 390 g/mol. The zero-order chi connectivity index (χ0) is 19.9. The number of hydrogen-bond donors (Lipinski definition) is 1. The van der Waals surface area contributed by atoms with Gasteiger partial charge in [-0.25, -0.2) is 17.6 Å². The van der Waals surface area contributed by atoms with Crippen LogP contribution in [0.3, 0.4) is 0 Å². The number of nitrogens with zero attached hydrogens (tertiary/aromatic N) is 4. The van der Waals surface area contributed by atoms with E-state index in [1.54, 1.807) is 14.0 Å². The monoisotopic (exact) mass is 401 g/mol. The molecule has 0 aliphatic heterocycles. The lowest BCUT2D eigenvalue weighted by Gasteiger charge is -2.06. The molecule has 1 amide bonds. The average molecular weight is 402 g/mol. The Kier molecular flexibility index (Phi) is 4.92. The van der Waals surface area contributed by atoms with Crippen LogP contribution in [-0.4, -0.2) is 25.5 Å². The molecule has 0 atom stereocenters. The van der Waals surface area contributed by atoms with Crippen LogP contribution in [0.5, 0.6) is 0 Å². The summed E-state index contributed by atoms with van der Waals surface area (Å²) in [6.45, 7) is 1.18. The van der Waals surface area contributed by atoms with Crippen LogP contribution in [0.4, 0.5) is 23.2 Å². The first-order valence-electron chi connectivity index (χ1n) is 7.53. The summed E-state index contributed by atoms with van der Waals surface area (Å²) >= 11 is 6.04. The number of nitrogens with one attached hydrogen (secondary N) is 1. The van der Waals surface area contributed by atoms with E-state index in [0.717, 1.165) is 4.68 Å². The van der Waals surface area contributed by atoms with Crippen LogP contribution in [0.2, 0.25) is 5.02 Å². The molecule has 1 N–H and O–H groups in total. The van der Waals surface area contributed by atoms with E-state index in [2.05, 4.69) is 15.5 Å². The molecule has 0 saturated carbocycles. The van der Waals surface area contributed by atoms with Gasteiger partial charge in [0, 0.05) is 24.9 Å². The van der Waals surface area contributed by atoms with Gasteiger partial charge in [-0.1, -0.05) is 11.6 Å². The van der Waals surface area contributed by atoms with E-state index in [1.807, 2.05) is 0 Å². The van der Waals surface area contributed by atoms with Crippen molar-refractivity contribution in [1.29, 1.82) is 0 Å². The summed E-state index contributed by atoms with van der Waals surface area (Å²) in [5.41, 5.74) is 0.102. The number of anilines is 1. The number of carbonyl (C=O) groups is 1. The van der Waals surface area contributed by atoms with Crippen molar-refractivity contribution in [2.24, 2.45) is 7.05 Å². The van der Waals surface area contributed by atoms with Gasteiger partial charge < -0.3 is 5.32 Å². The minimum absolute atomic E-state index is 0.00195. The molecule has 0 bridgehead atoms. The van der Waals surface area contributed by atoms with Crippen molar-refractivity contribution in [3.8, 4) is 0 Å². The Morgan fingerprint density at radius 3 is 2.56 bits per heavy atom. The molecule has 27 heavy (non-hydrogen) atoms. The second kappa shape index (κ2) is 7.03. The number of benzene rings is 1. The first-order chi connectivity index (χ1) is 12.7. The van der Waals surface area contributed by atoms with Gasteiger partial charge in [0.05, 0.1) is 29.1 Å². The third-order valence-electron chi connectivity index (χ3n) is 3.90. The highest BCUT2D eigenvalue weighted by molar-refractivity contribution is 6.34. The first-order valence-corrected chi connectivity index (χ1v) is 7.91. The van der Waals surface area contributed by atoms with Crippen LogP contribution < -0.4 is 5.32 Å². The van der Waals surface area contributed by atoms with E-state index in [4.69, 9.17) is 11.6 Å². The maximum atomic E-state index is 13.7. The summed E-state index contributed by atoms with van der Waals surface area (Å²) < 4.78 is 56.2. The molecule has 3 rings (SSSR count). The second-order valence-electron chi connectivity index (χ2n) is 5.70. The summed E-state index contributed by atoms with van der Waals surface area (Å²) in [5.74, 6) is -6.88. The number of amides is 1. The van der Waals surface area contributed by atoms with Gasteiger partial charge in [0.25, 0.3) is 5.91 Å². The Balaban J connectivity index is 1.79. The fourth-order valence-electron chi connectivity index (χ4n) is 2.34.